The average molecular weight is 442 g/mol. The lowest BCUT2D eigenvalue weighted by atomic mass is 10.1. The number of phenols is 1. The third-order valence-electron chi connectivity index (χ3n) is 2.89. The molecule has 0 radical (unpaired) electrons. The predicted molar refractivity (Wildman–Crippen MR) is 95.8 cm³/mol. The summed E-state index contributed by atoms with van der Waals surface area (Å²) in [5, 5.41) is 13.7. The van der Waals surface area contributed by atoms with E-state index in [4.69, 9.17) is 4.74 Å². The molecule has 23 heavy (non-hydrogen) atoms. The number of carbonyl (C=O) groups is 1. The summed E-state index contributed by atoms with van der Waals surface area (Å²) in [5.41, 5.74) is 3.46. The van der Waals surface area contributed by atoms with Crippen LogP contribution in [0.25, 0.3) is 0 Å². The molecule has 0 bridgehead atoms. The maximum atomic E-state index is 11.8. The van der Waals surface area contributed by atoms with Gasteiger partial charge in [-0.3, -0.25) is 4.79 Å². The zero-order valence-electron chi connectivity index (χ0n) is 12.2. The van der Waals surface area contributed by atoms with Gasteiger partial charge in [0.15, 0.2) is 6.61 Å². The molecule has 0 atom stereocenters. The summed E-state index contributed by atoms with van der Waals surface area (Å²) >= 11 is 6.70. The minimum absolute atomic E-state index is 0.109. The van der Waals surface area contributed by atoms with Crippen molar-refractivity contribution in [1.82, 2.24) is 5.43 Å². The van der Waals surface area contributed by atoms with Crippen LogP contribution in [0.15, 0.2) is 56.5 Å². The van der Waals surface area contributed by atoms with Gasteiger partial charge >= 0.3 is 0 Å². The molecular weight excluding hydrogens is 428 g/mol. The Morgan fingerprint density at radius 1 is 1.26 bits per heavy atom. The van der Waals surface area contributed by atoms with Crippen molar-refractivity contribution < 1.29 is 14.6 Å². The summed E-state index contributed by atoms with van der Waals surface area (Å²) in [6.45, 7) is 1.53. The normalized spacial score (nSPS) is 11.2. The highest BCUT2D eigenvalue weighted by molar-refractivity contribution is 9.11. The van der Waals surface area contributed by atoms with Gasteiger partial charge in [0.1, 0.15) is 11.5 Å². The van der Waals surface area contributed by atoms with Crippen LogP contribution in [0.1, 0.15) is 12.5 Å². The van der Waals surface area contributed by atoms with Gasteiger partial charge < -0.3 is 9.84 Å². The van der Waals surface area contributed by atoms with E-state index < -0.39 is 5.91 Å². The molecule has 0 unspecified atom stereocenters. The average Bonchev–Trinajstić information content (AvgIpc) is 2.52. The van der Waals surface area contributed by atoms with Crippen molar-refractivity contribution in [2.24, 2.45) is 5.10 Å². The van der Waals surface area contributed by atoms with Gasteiger partial charge in [0.05, 0.1) is 10.2 Å². The lowest BCUT2D eigenvalue weighted by molar-refractivity contribution is -0.123. The van der Waals surface area contributed by atoms with E-state index in [2.05, 4.69) is 42.4 Å². The highest BCUT2D eigenvalue weighted by Crippen LogP contribution is 2.28. The number of ether oxygens (including phenoxy) is 1. The zero-order chi connectivity index (χ0) is 16.8. The molecule has 0 spiro atoms. The van der Waals surface area contributed by atoms with Gasteiger partial charge in [-0.1, -0.05) is 28.1 Å². The van der Waals surface area contributed by atoms with Crippen molar-refractivity contribution in [2.75, 3.05) is 6.61 Å². The van der Waals surface area contributed by atoms with Crippen molar-refractivity contribution in [3.8, 4) is 11.5 Å². The Morgan fingerprint density at radius 2 is 2.00 bits per heavy atom. The number of halogens is 2. The smallest absolute Gasteiger partial charge is 0.277 e. The van der Waals surface area contributed by atoms with Crippen LogP contribution in [0.2, 0.25) is 0 Å². The maximum Gasteiger partial charge on any atom is 0.277 e. The summed E-state index contributed by atoms with van der Waals surface area (Å²) in [6, 6.07) is 12.2. The van der Waals surface area contributed by atoms with Gasteiger partial charge in [0.2, 0.25) is 0 Å². The van der Waals surface area contributed by atoms with Crippen LogP contribution in [0.3, 0.4) is 0 Å². The van der Waals surface area contributed by atoms with E-state index in [1.807, 2.05) is 12.1 Å². The summed E-state index contributed by atoms with van der Waals surface area (Å²) in [4.78, 5) is 11.8. The molecule has 0 aliphatic rings. The monoisotopic (exact) mass is 440 g/mol. The van der Waals surface area contributed by atoms with Crippen molar-refractivity contribution in [2.45, 2.75) is 6.92 Å². The minimum atomic E-state index is -0.394. The Balaban J connectivity index is 1.92. The van der Waals surface area contributed by atoms with Crippen molar-refractivity contribution in [3.05, 3.63) is 57.0 Å². The summed E-state index contributed by atoms with van der Waals surface area (Å²) in [7, 11) is 0. The molecule has 2 N–H and O–H groups in total. The Hall–Kier alpha value is -1.86. The Labute approximate surface area is 150 Å². The number of hydrogen-bond donors (Lipinski definition) is 2. The number of rotatable bonds is 5. The first-order valence-corrected chi connectivity index (χ1v) is 8.25. The molecule has 1 amide bonds. The molecule has 2 aromatic rings. The molecule has 5 nitrogen and oxygen atoms in total. The fourth-order valence-electron chi connectivity index (χ4n) is 1.75. The number of aromatic hydroxyl groups is 1. The first-order valence-electron chi connectivity index (χ1n) is 6.66. The molecule has 0 aromatic heterocycles. The Morgan fingerprint density at radius 3 is 2.70 bits per heavy atom. The number of carbonyl (C=O) groups excluding carboxylic acids is 1. The Bertz CT molecular complexity index is 748. The van der Waals surface area contributed by atoms with Gasteiger partial charge in [-0.15, -0.1) is 0 Å². The molecule has 7 heteroatoms. The number of para-hydroxylation sites is 1. The van der Waals surface area contributed by atoms with E-state index in [0.29, 0.717) is 17.0 Å². The van der Waals surface area contributed by atoms with Gasteiger partial charge in [-0.25, -0.2) is 5.43 Å². The lowest BCUT2D eigenvalue weighted by Crippen LogP contribution is -2.25. The number of nitrogens with one attached hydrogen (secondary N) is 1. The quantitative estimate of drug-likeness (QED) is 0.547. The van der Waals surface area contributed by atoms with Crippen LogP contribution in [-0.2, 0) is 4.79 Å². The second-order valence-corrected chi connectivity index (χ2v) is 6.38. The first kappa shape index (κ1) is 17.5. The number of nitrogens with zero attached hydrogens (tertiary/aromatic N) is 1. The van der Waals surface area contributed by atoms with E-state index in [0.717, 1.165) is 8.95 Å². The standard InChI is InChI=1S/C16H14Br2N2O3/c1-10(12-4-2-3-5-14(12)21)19-20-16(22)9-23-15-7-6-11(17)8-13(15)18/h2-8,21H,9H2,1H3,(H,20,22)/b19-10+. The third kappa shape index (κ3) is 5.07. The second-order valence-electron chi connectivity index (χ2n) is 4.61. The van der Waals surface area contributed by atoms with Crippen LogP contribution in [0.5, 0.6) is 11.5 Å². The number of phenolic OH excluding ortho intramolecular Hbond substituents is 1. The molecule has 2 aromatic carbocycles. The van der Waals surface area contributed by atoms with E-state index in [1.165, 1.54) is 0 Å². The molecule has 0 fully saturated rings. The van der Waals surface area contributed by atoms with Gasteiger partial charge in [-0.2, -0.15) is 5.10 Å². The third-order valence-corrected chi connectivity index (χ3v) is 4.01. The molecular formula is C16H14Br2N2O3. The molecule has 120 valence electrons. The lowest BCUT2D eigenvalue weighted by Gasteiger charge is -2.08. The fourth-order valence-corrected chi connectivity index (χ4v) is 2.92. The largest absolute Gasteiger partial charge is 0.507 e. The fraction of sp³-hybridized carbons (Fsp3) is 0.125. The van der Waals surface area contributed by atoms with E-state index in [1.54, 1.807) is 37.3 Å². The maximum absolute atomic E-state index is 11.8. The van der Waals surface area contributed by atoms with E-state index >= 15 is 0 Å². The SMILES string of the molecule is C/C(=N\NC(=O)COc1ccc(Br)cc1Br)c1ccccc1O. The van der Waals surface area contributed by atoms with Crippen LogP contribution < -0.4 is 10.2 Å². The zero-order valence-corrected chi connectivity index (χ0v) is 15.4. The summed E-state index contributed by atoms with van der Waals surface area (Å²) in [5.74, 6) is 0.275. The highest BCUT2D eigenvalue weighted by atomic mass is 79.9. The molecule has 2 rings (SSSR count). The molecule has 0 saturated heterocycles. The van der Waals surface area contributed by atoms with Gasteiger partial charge in [0, 0.05) is 10.0 Å². The number of hydrogen-bond acceptors (Lipinski definition) is 4. The summed E-state index contributed by atoms with van der Waals surface area (Å²) < 4.78 is 7.07. The van der Waals surface area contributed by atoms with Gasteiger partial charge in [0.25, 0.3) is 5.91 Å². The predicted octanol–water partition coefficient (Wildman–Crippen LogP) is 3.84. The van der Waals surface area contributed by atoms with Crippen molar-refractivity contribution in [3.63, 3.8) is 0 Å². The molecule has 0 aliphatic heterocycles. The van der Waals surface area contributed by atoms with Crippen LogP contribution in [0, 0.1) is 0 Å². The second kappa shape index (κ2) is 8.12. The van der Waals surface area contributed by atoms with Crippen LogP contribution >= 0.6 is 31.9 Å². The molecule has 0 saturated carbocycles. The Kier molecular flexibility index (Phi) is 6.18. The summed E-state index contributed by atoms with van der Waals surface area (Å²) in [6.07, 6.45) is 0. The van der Waals surface area contributed by atoms with Crippen molar-refractivity contribution >= 4 is 43.5 Å². The number of benzene rings is 2. The van der Waals surface area contributed by atoms with Gasteiger partial charge in [-0.05, 0) is 53.2 Å². The van der Waals surface area contributed by atoms with E-state index in [-0.39, 0.29) is 12.4 Å². The number of amides is 1. The topological polar surface area (TPSA) is 70.9 Å². The molecule has 0 heterocycles. The highest BCUT2D eigenvalue weighted by Gasteiger charge is 2.07. The van der Waals surface area contributed by atoms with Crippen molar-refractivity contribution in [1.29, 1.82) is 0 Å². The first-order chi connectivity index (χ1) is 11.0. The van der Waals surface area contributed by atoms with E-state index in [9.17, 15) is 9.90 Å². The van der Waals surface area contributed by atoms with Crippen LogP contribution in [-0.4, -0.2) is 23.3 Å². The minimum Gasteiger partial charge on any atom is -0.507 e. The number of hydrazone groups is 1. The van der Waals surface area contributed by atoms with Crippen LogP contribution in [0.4, 0.5) is 0 Å². The molecule has 0 aliphatic carbocycles.